The minimum atomic E-state index is -1.80. The fourth-order valence-electron chi connectivity index (χ4n) is 4.62. The number of carbonyl (C=O) groups excluding carboxylic acids is 3. The quantitative estimate of drug-likeness (QED) is 0.212. The fraction of sp³-hybridized carbons (Fsp3) is 0.207. The van der Waals surface area contributed by atoms with Crippen LogP contribution in [0.4, 0.5) is 0 Å². The van der Waals surface area contributed by atoms with Gasteiger partial charge in [0.1, 0.15) is 0 Å². The van der Waals surface area contributed by atoms with E-state index in [1.807, 2.05) is 48.5 Å². The maximum atomic E-state index is 13.8. The van der Waals surface area contributed by atoms with Gasteiger partial charge >= 0.3 is 11.9 Å². The van der Waals surface area contributed by atoms with Crippen molar-refractivity contribution in [3.05, 3.63) is 105 Å². The van der Waals surface area contributed by atoms with E-state index in [-0.39, 0.29) is 19.0 Å². The Bertz CT molecular complexity index is 1300. The number of esters is 2. The van der Waals surface area contributed by atoms with Gasteiger partial charge in [-0.25, -0.2) is 0 Å². The molecule has 0 saturated heterocycles. The summed E-state index contributed by atoms with van der Waals surface area (Å²) in [6.07, 6.45) is 0. The molecule has 1 aliphatic rings. The van der Waals surface area contributed by atoms with Gasteiger partial charge in [0.2, 0.25) is 5.41 Å². The van der Waals surface area contributed by atoms with Crippen molar-refractivity contribution < 1.29 is 23.9 Å². The first-order chi connectivity index (χ1) is 16.9. The van der Waals surface area contributed by atoms with Gasteiger partial charge in [-0.1, -0.05) is 76.6 Å². The molecule has 0 aromatic heterocycles. The number of hydrogen-bond acceptors (Lipinski definition) is 5. The third-order valence-corrected chi connectivity index (χ3v) is 6.63. The number of carbonyl (C=O) groups is 3. The SMILES string of the molecule is CCOC(=O)C1(C(=O)OCC)C(c2ccc(Br)cc2)=C(c2ccc(C(C)=O)cc2)c2ccccc21. The minimum absolute atomic E-state index is 0.0436. The highest BCUT2D eigenvalue weighted by Gasteiger charge is 2.59. The molecule has 0 amide bonds. The molecule has 35 heavy (non-hydrogen) atoms. The van der Waals surface area contributed by atoms with E-state index < -0.39 is 17.4 Å². The number of hydrogen-bond donors (Lipinski definition) is 0. The predicted octanol–water partition coefficient (Wildman–Crippen LogP) is 5.99. The van der Waals surface area contributed by atoms with E-state index in [1.54, 1.807) is 38.1 Å². The van der Waals surface area contributed by atoms with Gasteiger partial charge in [0.05, 0.1) is 13.2 Å². The molecule has 0 aliphatic heterocycles. The van der Waals surface area contributed by atoms with Crippen molar-refractivity contribution in [2.75, 3.05) is 13.2 Å². The Hall–Kier alpha value is -3.51. The summed E-state index contributed by atoms with van der Waals surface area (Å²) in [6.45, 7) is 5.15. The van der Waals surface area contributed by atoms with Crippen LogP contribution < -0.4 is 0 Å². The third-order valence-electron chi connectivity index (χ3n) is 6.10. The summed E-state index contributed by atoms with van der Waals surface area (Å²) in [7, 11) is 0. The first-order valence-electron chi connectivity index (χ1n) is 11.4. The zero-order valence-corrected chi connectivity index (χ0v) is 21.3. The Kier molecular flexibility index (Phi) is 7.03. The molecule has 0 bridgehead atoms. The second kappa shape index (κ2) is 10.0. The highest BCUT2D eigenvalue weighted by atomic mass is 79.9. The molecule has 0 unspecified atom stereocenters. The van der Waals surface area contributed by atoms with Crippen LogP contribution in [-0.2, 0) is 24.5 Å². The molecule has 0 saturated carbocycles. The lowest BCUT2D eigenvalue weighted by Gasteiger charge is -2.29. The zero-order valence-electron chi connectivity index (χ0n) is 19.8. The third kappa shape index (κ3) is 4.12. The van der Waals surface area contributed by atoms with E-state index in [0.29, 0.717) is 22.3 Å². The van der Waals surface area contributed by atoms with E-state index in [2.05, 4.69) is 15.9 Å². The summed E-state index contributed by atoms with van der Waals surface area (Å²) < 4.78 is 11.9. The van der Waals surface area contributed by atoms with Crippen molar-refractivity contribution in [3.8, 4) is 0 Å². The lowest BCUT2D eigenvalue weighted by atomic mass is 9.74. The summed E-state index contributed by atoms with van der Waals surface area (Å²) in [5.74, 6) is -1.41. The summed E-state index contributed by atoms with van der Waals surface area (Å²) in [5.41, 5.74) is 2.71. The van der Waals surface area contributed by atoms with E-state index >= 15 is 0 Å². The van der Waals surface area contributed by atoms with Crippen LogP contribution in [0.2, 0.25) is 0 Å². The molecule has 3 aromatic carbocycles. The van der Waals surface area contributed by atoms with Gasteiger partial charge in [-0.05, 0) is 60.7 Å². The van der Waals surface area contributed by atoms with Crippen LogP contribution in [0.1, 0.15) is 53.4 Å². The van der Waals surface area contributed by atoms with Gasteiger partial charge in [-0.2, -0.15) is 0 Å². The minimum Gasteiger partial charge on any atom is -0.465 e. The van der Waals surface area contributed by atoms with Crippen molar-refractivity contribution in [3.63, 3.8) is 0 Å². The maximum absolute atomic E-state index is 13.8. The second-order valence-electron chi connectivity index (χ2n) is 8.13. The number of ketones is 1. The molecule has 0 heterocycles. The molecule has 178 valence electrons. The molecule has 0 fully saturated rings. The number of rotatable bonds is 7. The molecule has 1 aliphatic carbocycles. The first-order valence-corrected chi connectivity index (χ1v) is 12.2. The van der Waals surface area contributed by atoms with Crippen LogP contribution in [0.3, 0.4) is 0 Å². The van der Waals surface area contributed by atoms with Gasteiger partial charge in [0.25, 0.3) is 0 Å². The first kappa shape index (κ1) is 24.6. The van der Waals surface area contributed by atoms with Gasteiger partial charge in [0, 0.05) is 15.6 Å². The lowest BCUT2D eigenvalue weighted by molar-refractivity contribution is -0.161. The number of Topliss-reactive ketones (excluding diaryl/α,β-unsaturated/α-hetero) is 1. The topological polar surface area (TPSA) is 69.7 Å². The van der Waals surface area contributed by atoms with Crippen molar-refractivity contribution in [2.45, 2.75) is 26.2 Å². The largest absolute Gasteiger partial charge is 0.465 e. The summed E-state index contributed by atoms with van der Waals surface area (Å²) >= 11 is 3.47. The molecule has 5 nitrogen and oxygen atoms in total. The molecule has 6 heteroatoms. The Morgan fingerprint density at radius 1 is 0.771 bits per heavy atom. The highest BCUT2D eigenvalue weighted by molar-refractivity contribution is 9.10. The van der Waals surface area contributed by atoms with Crippen LogP contribution in [0, 0.1) is 0 Å². The van der Waals surface area contributed by atoms with Crippen molar-refractivity contribution in [1.29, 1.82) is 0 Å². The van der Waals surface area contributed by atoms with Crippen molar-refractivity contribution in [2.24, 2.45) is 0 Å². The lowest BCUT2D eigenvalue weighted by Crippen LogP contribution is -2.46. The van der Waals surface area contributed by atoms with Crippen LogP contribution >= 0.6 is 15.9 Å². The normalized spacial score (nSPS) is 13.8. The average molecular weight is 533 g/mol. The van der Waals surface area contributed by atoms with Gasteiger partial charge in [-0.15, -0.1) is 0 Å². The Balaban J connectivity index is 2.14. The fourth-order valence-corrected chi connectivity index (χ4v) is 4.88. The molecule has 0 atom stereocenters. The average Bonchev–Trinajstić information content (AvgIpc) is 3.17. The molecule has 3 aromatic rings. The van der Waals surface area contributed by atoms with Gasteiger partial charge in [0.15, 0.2) is 5.78 Å². The molecule has 0 spiro atoms. The van der Waals surface area contributed by atoms with Gasteiger partial charge in [-0.3, -0.25) is 14.4 Å². The molecule has 0 radical (unpaired) electrons. The van der Waals surface area contributed by atoms with E-state index in [4.69, 9.17) is 9.47 Å². The van der Waals surface area contributed by atoms with Crippen molar-refractivity contribution in [1.82, 2.24) is 0 Å². The van der Waals surface area contributed by atoms with Crippen LogP contribution in [0.15, 0.2) is 77.3 Å². The highest BCUT2D eigenvalue weighted by Crippen LogP contribution is 2.54. The number of ether oxygens (including phenoxy) is 2. The summed E-state index contributed by atoms with van der Waals surface area (Å²) in [5, 5.41) is 0. The van der Waals surface area contributed by atoms with E-state index in [1.165, 1.54) is 6.92 Å². The number of fused-ring (bicyclic) bond motifs is 1. The molecular formula is C29H25BrO5. The Labute approximate surface area is 212 Å². The van der Waals surface area contributed by atoms with E-state index in [0.717, 1.165) is 21.2 Å². The smallest absolute Gasteiger partial charge is 0.332 e. The summed E-state index contributed by atoms with van der Waals surface area (Å²) in [6, 6.07) is 22.0. The molecule has 4 rings (SSSR count). The second-order valence-corrected chi connectivity index (χ2v) is 9.04. The Morgan fingerprint density at radius 3 is 1.86 bits per heavy atom. The number of halogens is 1. The summed E-state index contributed by atoms with van der Waals surface area (Å²) in [4.78, 5) is 39.5. The zero-order chi connectivity index (χ0) is 25.2. The molecule has 0 N–H and O–H groups in total. The van der Waals surface area contributed by atoms with Crippen LogP contribution in [0.5, 0.6) is 0 Å². The predicted molar refractivity (Wildman–Crippen MR) is 138 cm³/mol. The maximum Gasteiger partial charge on any atom is 0.332 e. The van der Waals surface area contributed by atoms with E-state index in [9.17, 15) is 14.4 Å². The van der Waals surface area contributed by atoms with Crippen molar-refractivity contribution >= 4 is 44.8 Å². The van der Waals surface area contributed by atoms with Crippen LogP contribution in [-0.4, -0.2) is 30.9 Å². The van der Waals surface area contributed by atoms with Gasteiger partial charge < -0.3 is 9.47 Å². The molecular weight excluding hydrogens is 508 g/mol. The standard InChI is InChI=1S/C29H25BrO5/c1-4-34-27(32)29(28(33)35-5-2)24-9-7-6-8-23(24)25(20-12-10-19(11-13-20)18(3)31)26(29)21-14-16-22(30)17-15-21/h6-17H,4-5H2,1-3H3. The van der Waals surface area contributed by atoms with Crippen LogP contribution in [0.25, 0.3) is 11.1 Å². The number of benzene rings is 3. The Morgan fingerprint density at radius 2 is 1.31 bits per heavy atom. The monoisotopic (exact) mass is 532 g/mol.